The highest BCUT2D eigenvalue weighted by atomic mass is 35.5. The fourth-order valence-corrected chi connectivity index (χ4v) is 4.43. The molecule has 0 radical (unpaired) electrons. The zero-order chi connectivity index (χ0) is 25.9. The van der Waals surface area contributed by atoms with E-state index in [1.165, 1.54) is 4.90 Å². The second kappa shape index (κ2) is 10.7. The van der Waals surface area contributed by atoms with Gasteiger partial charge in [-0.3, -0.25) is 19.3 Å². The summed E-state index contributed by atoms with van der Waals surface area (Å²) in [6.45, 7) is 2.64. The molecule has 0 unspecified atom stereocenters. The molecule has 0 saturated carbocycles. The molecule has 192 valence electrons. The third-order valence-corrected chi connectivity index (χ3v) is 6.71. The highest BCUT2D eigenvalue weighted by Gasteiger charge is 2.29. The van der Waals surface area contributed by atoms with Gasteiger partial charge in [0.1, 0.15) is 17.3 Å². The predicted octanol–water partition coefficient (Wildman–Crippen LogP) is 3.51. The van der Waals surface area contributed by atoms with E-state index in [1.54, 1.807) is 59.5 Å². The number of ketones is 1. The molecule has 9 nitrogen and oxygen atoms in total. The molecule has 2 aliphatic rings. The van der Waals surface area contributed by atoms with Gasteiger partial charge in [0.05, 0.1) is 17.3 Å². The Morgan fingerprint density at radius 2 is 1.81 bits per heavy atom. The van der Waals surface area contributed by atoms with Gasteiger partial charge in [0.2, 0.25) is 0 Å². The van der Waals surface area contributed by atoms with Crippen LogP contribution in [0.1, 0.15) is 26.7 Å². The minimum absolute atomic E-state index is 0.0962. The topological polar surface area (TPSA) is 92.5 Å². The summed E-state index contributed by atoms with van der Waals surface area (Å²) in [4.78, 5) is 43.9. The maximum Gasteiger partial charge on any atom is 0.289 e. The Hall–Kier alpha value is -3.82. The average Bonchev–Trinajstić information content (AvgIpc) is 3.38. The number of halogens is 1. The van der Waals surface area contributed by atoms with Crippen LogP contribution in [0.2, 0.25) is 5.02 Å². The lowest BCUT2D eigenvalue weighted by molar-refractivity contribution is -0.121. The lowest BCUT2D eigenvalue weighted by Gasteiger charge is -2.31. The highest BCUT2D eigenvalue weighted by Crippen LogP contribution is 2.34. The summed E-state index contributed by atoms with van der Waals surface area (Å²) < 4.78 is 17.0. The smallest absolute Gasteiger partial charge is 0.289 e. The van der Waals surface area contributed by atoms with Gasteiger partial charge >= 0.3 is 0 Å². The number of para-hydroxylation sites is 1. The van der Waals surface area contributed by atoms with Crippen molar-refractivity contribution in [2.45, 2.75) is 6.54 Å². The number of carbonyl (C=O) groups excluding carboxylic acids is 3. The summed E-state index contributed by atoms with van der Waals surface area (Å²) in [6, 6.07) is 15.1. The van der Waals surface area contributed by atoms with E-state index >= 15 is 0 Å². The number of furan rings is 1. The molecular weight excluding hydrogens is 498 g/mol. The number of hydrogen-bond acceptors (Lipinski definition) is 7. The summed E-state index contributed by atoms with van der Waals surface area (Å²) in [5.41, 5.74) is 0.808. The Balaban J connectivity index is 1.30. The largest absolute Gasteiger partial charge is 0.484 e. The lowest BCUT2D eigenvalue weighted by atomic mass is 10.1. The van der Waals surface area contributed by atoms with Gasteiger partial charge in [-0.15, -0.1) is 0 Å². The monoisotopic (exact) mass is 523 g/mol. The van der Waals surface area contributed by atoms with Crippen LogP contribution in [-0.2, 0) is 11.3 Å². The molecule has 10 heteroatoms. The summed E-state index contributed by atoms with van der Waals surface area (Å²) >= 11 is 6.10. The van der Waals surface area contributed by atoms with Crippen LogP contribution in [-0.4, -0.2) is 73.8 Å². The van der Waals surface area contributed by atoms with Crippen molar-refractivity contribution in [1.82, 2.24) is 9.80 Å². The quantitative estimate of drug-likeness (QED) is 0.437. The minimum Gasteiger partial charge on any atom is -0.484 e. The van der Waals surface area contributed by atoms with Crippen LogP contribution < -0.4 is 14.4 Å². The first-order valence-corrected chi connectivity index (χ1v) is 12.3. The number of benzene rings is 2. The summed E-state index contributed by atoms with van der Waals surface area (Å²) in [5, 5.41) is 0.412. The van der Waals surface area contributed by atoms with E-state index in [1.807, 2.05) is 7.05 Å². The van der Waals surface area contributed by atoms with Gasteiger partial charge < -0.3 is 23.7 Å². The molecule has 0 atom stereocenters. The number of likely N-dealkylation sites (N-methyl/N-ethyl adjacent to an activating group) is 1. The van der Waals surface area contributed by atoms with Crippen LogP contribution in [0.3, 0.4) is 0 Å². The molecule has 5 rings (SSSR count). The van der Waals surface area contributed by atoms with Crippen LogP contribution in [0.4, 0.5) is 5.69 Å². The maximum absolute atomic E-state index is 12.8. The zero-order valence-electron chi connectivity index (χ0n) is 20.3. The molecule has 37 heavy (non-hydrogen) atoms. The van der Waals surface area contributed by atoms with Gasteiger partial charge in [0, 0.05) is 31.7 Å². The Bertz CT molecular complexity index is 1330. The number of piperazine rings is 1. The molecule has 0 N–H and O–H groups in total. The van der Waals surface area contributed by atoms with E-state index in [0.717, 1.165) is 13.1 Å². The summed E-state index contributed by atoms with van der Waals surface area (Å²) in [6.07, 6.45) is 0. The molecule has 0 aliphatic carbocycles. The van der Waals surface area contributed by atoms with Crippen LogP contribution in [0.25, 0.3) is 0 Å². The molecule has 1 saturated heterocycles. The number of ether oxygens (including phenoxy) is 2. The van der Waals surface area contributed by atoms with E-state index < -0.39 is 0 Å². The Labute approximate surface area is 219 Å². The number of amides is 2. The van der Waals surface area contributed by atoms with E-state index in [4.69, 9.17) is 25.5 Å². The van der Waals surface area contributed by atoms with Gasteiger partial charge in [0.15, 0.2) is 24.8 Å². The van der Waals surface area contributed by atoms with Crippen molar-refractivity contribution in [3.63, 3.8) is 0 Å². The molecule has 2 aromatic carbocycles. The second-order valence-electron chi connectivity index (χ2n) is 8.95. The summed E-state index contributed by atoms with van der Waals surface area (Å²) in [5.74, 6) is 0.850. The van der Waals surface area contributed by atoms with Crippen molar-refractivity contribution in [1.29, 1.82) is 0 Å². The number of carbonyl (C=O) groups is 3. The maximum atomic E-state index is 12.8. The zero-order valence-corrected chi connectivity index (χ0v) is 21.1. The molecule has 2 aliphatic heterocycles. The lowest BCUT2D eigenvalue weighted by Crippen LogP contribution is -2.47. The fourth-order valence-electron chi connectivity index (χ4n) is 4.24. The first-order valence-electron chi connectivity index (χ1n) is 11.9. The Morgan fingerprint density at radius 3 is 2.59 bits per heavy atom. The third kappa shape index (κ3) is 5.47. The van der Waals surface area contributed by atoms with Gasteiger partial charge in [-0.05, 0) is 49.5 Å². The van der Waals surface area contributed by atoms with E-state index in [-0.39, 0.29) is 43.1 Å². The third-order valence-electron chi connectivity index (χ3n) is 6.40. The van der Waals surface area contributed by atoms with Crippen molar-refractivity contribution in [3.05, 3.63) is 76.7 Å². The average molecular weight is 524 g/mol. The SMILES string of the molecule is CN1CCN(C(=O)c2ccc(CN3C(=O)COc4ccc(C(=O)COc5ccccc5Cl)cc43)o2)CC1. The van der Waals surface area contributed by atoms with Crippen molar-refractivity contribution in [2.24, 2.45) is 0 Å². The van der Waals surface area contributed by atoms with E-state index in [0.29, 0.717) is 46.6 Å². The number of nitrogens with zero attached hydrogens (tertiary/aromatic N) is 3. The predicted molar refractivity (Wildman–Crippen MR) is 137 cm³/mol. The first-order chi connectivity index (χ1) is 17.9. The summed E-state index contributed by atoms with van der Waals surface area (Å²) in [7, 11) is 2.02. The normalized spacial score (nSPS) is 15.8. The van der Waals surface area contributed by atoms with Crippen LogP contribution >= 0.6 is 11.6 Å². The van der Waals surface area contributed by atoms with Crippen LogP contribution in [0.5, 0.6) is 11.5 Å². The van der Waals surface area contributed by atoms with Crippen molar-refractivity contribution in [2.75, 3.05) is 51.3 Å². The molecule has 3 heterocycles. The molecule has 1 aromatic heterocycles. The number of fused-ring (bicyclic) bond motifs is 1. The van der Waals surface area contributed by atoms with E-state index in [2.05, 4.69) is 4.90 Å². The first kappa shape index (κ1) is 24.9. The van der Waals surface area contributed by atoms with Crippen molar-refractivity contribution < 1.29 is 28.3 Å². The van der Waals surface area contributed by atoms with E-state index in [9.17, 15) is 14.4 Å². The Morgan fingerprint density at radius 1 is 1.03 bits per heavy atom. The van der Waals surface area contributed by atoms with Gasteiger partial charge in [-0.2, -0.15) is 0 Å². The van der Waals surface area contributed by atoms with Crippen LogP contribution in [0, 0.1) is 0 Å². The van der Waals surface area contributed by atoms with Crippen molar-refractivity contribution in [3.8, 4) is 11.5 Å². The number of anilines is 1. The number of hydrogen-bond donors (Lipinski definition) is 0. The molecule has 0 bridgehead atoms. The molecule has 2 amide bonds. The van der Waals surface area contributed by atoms with Gasteiger partial charge in [0.25, 0.3) is 11.8 Å². The Kier molecular flexibility index (Phi) is 7.16. The highest BCUT2D eigenvalue weighted by molar-refractivity contribution is 6.32. The van der Waals surface area contributed by atoms with Gasteiger partial charge in [-0.1, -0.05) is 23.7 Å². The number of rotatable bonds is 7. The molecule has 0 spiro atoms. The van der Waals surface area contributed by atoms with Crippen LogP contribution in [0.15, 0.2) is 59.0 Å². The molecule has 3 aromatic rings. The fraction of sp³-hybridized carbons (Fsp3) is 0.296. The minimum atomic E-state index is -0.284. The molecular formula is C27H26ClN3O6. The molecule has 1 fully saturated rings. The van der Waals surface area contributed by atoms with Gasteiger partial charge in [-0.25, -0.2) is 0 Å². The number of Topliss-reactive ketones (excluding diaryl/α,β-unsaturated/α-hetero) is 1. The standard InChI is InChI=1S/C27H26ClN3O6/c1-29-10-12-30(13-11-29)27(34)25-9-7-19(37-25)15-31-21-14-18(6-8-24(21)36-17-26(31)33)22(32)16-35-23-5-3-2-4-20(23)28/h2-9,14H,10-13,15-17H2,1H3. The van der Waals surface area contributed by atoms with Crippen molar-refractivity contribution >= 4 is 34.9 Å². The second-order valence-corrected chi connectivity index (χ2v) is 9.36.